The van der Waals surface area contributed by atoms with Crippen molar-refractivity contribution in [2.45, 2.75) is 25.8 Å². The third-order valence-electron chi connectivity index (χ3n) is 3.75. The summed E-state index contributed by atoms with van der Waals surface area (Å²) in [4.78, 5) is 15.2. The topological polar surface area (TPSA) is 101 Å². The van der Waals surface area contributed by atoms with Gasteiger partial charge in [-0.05, 0) is 18.8 Å². The Balaban J connectivity index is 1.75. The lowest BCUT2D eigenvalue weighted by molar-refractivity contribution is 0.122. The molecule has 1 aliphatic carbocycles. The van der Waals surface area contributed by atoms with Crippen molar-refractivity contribution in [3.63, 3.8) is 0 Å². The fraction of sp³-hybridized carbons (Fsp3) is 0.750. The highest BCUT2D eigenvalue weighted by Crippen LogP contribution is 2.29. The number of morpholine rings is 1. The van der Waals surface area contributed by atoms with Gasteiger partial charge >= 0.3 is 0 Å². The second-order valence-electron chi connectivity index (χ2n) is 5.44. The molecule has 20 heavy (non-hydrogen) atoms. The van der Waals surface area contributed by atoms with Gasteiger partial charge in [0.2, 0.25) is 17.8 Å². The predicted molar refractivity (Wildman–Crippen MR) is 76.5 cm³/mol. The summed E-state index contributed by atoms with van der Waals surface area (Å²) in [5.74, 6) is 7.84. The van der Waals surface area contributed by atoms with Crippen molar-refractivity contribution >= 4 is 17.8 Å². The first kappa shape index (κ1) is 13.3. The van der Waals surface area contributed by atoms with E-state index < -0.39 is 0 Å². The number of nitrogens with two attached hydrogens (primary N) is 1. The van der Waals surface area contributed by atoms with Gasteiger partial charge < -0.3 is 15.0 Å². The largest absolute Gasteiger partial charge is 0.378 e. The van der Waals surface area contributed by atoms with Crippen LogP contribution < -0.4 is 21.5 Å². The maximum atomic E-state index is 5.44. The number of hydrogen-bond acceptors (Lipinski definition) is 8. The fourth-order valence-electron chi connectivity index (χ4n) is 2.60. The molecule has 8 nitrogen and oxygen atoms in total. The normalized spacial score (nSPS) is 26.0. The first-order valence-corrected chi connectivity index (χ1v) is 7.06. The lowest BCUT2D eigenvalue weighted by atomic mass is 9.82. The minimum atomic E-state index is 0.386. The zero-order chi connectivity index (χ0) is 13.9. The van der Waals surface area contributed by atoms with E-state index in [0.29, 0.717) is 37.1 Å². The molecule has 1 aliphatic heterocycles. The van der Waals surface area contributed by atoms with Crippen LogP contribution in [0.25, 0.3) is 0 Å². The minimum Gasteiger partial charge on any atom is -0.378 e. The molecule has 0 atom stereocenters. The maximum Gasteiger partial charge on any atom is 0.243 e. The van der Waals surface area contributed by atoms with Crippen LogP contribution in [-0.2, 0) is 4.74 Å². The number of anilines is 3. The number of nitrogens with zero attached hydrogens (tertiary/aromatic N) is 4. The highest BCUT2D eigenvalue weighted by Gasteiger charge is 2.26. The minimum absolute atomic E-state index is 0.386. The zero-order valence-electron chi connectivity index (χ0n) is 11.7. The van der Waals surface area contributed by atoms with E-state index in [1.807, 2.05) is 0 Å². The molecule has 0 aromatic carbocycles. The van der Waals surface area contributed by atoms with Gasteiger partial charge in [-0.1, -0.05) is 6.92 Å². The zero-order valence-corrected chi connectivity index (χ0v) is 11.7. The molecule has 1 aromatic rings. The Bertz CT molecular complexity index is 457. The molecule has 3 rings (SSSR count). The summed E-state index contributed by atoms with van der Waals surface area (Å²) in [6.07, 6.45) is 2.31. The van der Waals surface area contributed by atoms with E-state index in [0.717, 1.165) is 31.8 Å². The third kappa shape index (κ3) is 2.91. The van der Waals surface area contributed by atoms with E-state index in [1.165, 1.54) is 0 Å². The van der Waals surface area contributed by atoms with Gasteiger partial charge in [-0.2, -0.15) is 15.0 Å². The molecule has 1 saturated heterocycles. The van der Waals surface area contributed by atoms with Crippen molar-refractivity contribution in [2.75, 3.05) is 41.9 Å². The number of hydrazine groups is 1. The van der Waals surface area contributed by atoms with Crippen molar-refractivity contribution in [1.82, 2.24) is 15.0 Å². The Kier molecular flexibility index (Phi) is 3.83. The van der Waals surface area contributed by atoms with Crippen LogP contribution in [0.3, 0.4) is 0 Å². The highest BCUT2D eigenvalue weighted by atomic mass is 16.5. The number of hydrogen-bond donors (Lipinski definition) is 3. The van der Waals surface area contributed by atoms with Crippen LogP contribution in [0.2, 0.25) is 0 Å². The van der Waals surface area contributed by atoms with E-state index in [1.54, 1.807) is 0 Å². The first-order chi connectivity index (χ1) is 9.74. The molecule has 0 unspecified atom stereocenters. The summed E-state index contributed by atoms with van der Waals surface area (Å²) in [6.45, 7) is 5.21. The monoisotopic (exact) mass is 279 g/mol. The quantitative estimate of drug-likeness (QED) is 0.531. The second-order valence-corrected chi connectivity index (χ2v) is 5.44. The van der Waals surface area contributed by atoms with Crippen LogP contribution >= 0.6 is 0 Å². The highest BCUT2D eigenvalue weighted by molar-refractivity contribution is 5.44. The molecular formula is C12H21N7O. The van der Waals surface area contributed by atoms with Gasteiger partial charge in [0.15, 0.2) is 0 Å². The molecule has 110 valence electrons. The third-order valence-corrected chi connectivity index (χ3v) is 3.75. The van der Waals surface area contributed by atoms with Crippen LogP contribution in [0.1, 0.15) is 19.8 Å². The molecule has 0 amide bonds. The average molecular weight is 279 g/mol. The Morgan fingerprint density at radius 3 is 2.50 bits per heavy atom. The summed E-state index contributed by atoms with van der Waals surface area (Å²) in [6, 6.07) is 0.454. The molecule has 0 spiro atoms. The lowest BCUT2D eigenvalue weighted by Crippen LogP contribution is -2.38. The second kappa shape index (κ2) is 5.76. The number of nitrogen functional groups attached to an aromatic ring is 1. The Morgan fingerprint density at radius 2 is 1.85 bits per heavy atom. The molecule has 8 heteroatoms. The molecule has 2 aliphatic rings. The van der Waals surface area contributed by atoms with Crippen molar-refractivity contribution in [2.24, 2.45) is 11.8 Å². The van der Waals surface area contributed by atoms with Crippen LogP contribution in [0.4, 0.5) is 17.8 Å². The van der Waals surface area contributed by atoms with Crippen LogP contribution in [0, 0.1) is 5.92 Å². The first-order valence-electron chi connectivity index (χ1n) is 7.06. The molecule has 0 bridgehead atoms. The fourth-order valence-corrected chi connectivity index (χ4v) is 2.60. The number of ether oxygens (including phenoxy) is 1. The summed E-state index contributed by atoms with van der Waals surface area (Å²) >= 11 is 0. The molecule has 0 radical (unpaired) electrons. The van der Waals surface area contributed by atoms with Crippen molar-refractivity contribution in [1.29, 1.82) is 0 Å². The van der Waals surface area contributed by atoms with E-state index in [-0.39, 0.29) is 0 Å². The molecule has 2 fully saturated rings. The van der Waals surface area contributed by atoms with E-state index in [4.69, 9.17) is 10.6 Å². The van der Waals surface area contributed by atoms with Gasteiger partial charge in [0.05, 0.1) is 13.2 Å². The SMILES string of the molecule is CC1CC(Nc2nc(NN)nc(N3CCOCC3)n2)C1. The van der Waals surface area contributed by atoms with Gasteiger partial charge in [0.25, 0.3) is 0 Å². The van der Waals surface area contributed by atoms with E-state index >= 15 is 0 Å². The van der Waals surface area contributed by atoms with E-state index in [2.05, 4.69) is 37.5 Å². The van der Waals surface area contributed by atoms with Crippen LogP contribution in [0.15, 0.2) is 0 Å². The van der Waals surface area contributed by atoms with Crippen molar-refractivity contribution in [3.05, 3.63) is 0 Å². The maximum absolute atomic E-state index is 5.44. The molecule has 1 aromatic heterocycles. The Morgan fingerprint density at radius 1 is 1.15 bits per heavy atom. The van der Waals surface area contributed by atoms with Crippen LogP contribution in [0.5, 0.6) is 0 Å². The summed E-state index contributed by atoms with van der Waals surface area (Å²) in [5, 5.41) is 3.35. The Hall–Kier alpha value is -1.67. The number of nitrogens with one attached hydrogen (secondary N) is 2. The van der Waals surface area contributed by atoms with Crippen molar-refractivity contribution < 1.29 is 4.74 Å². The van der Waals surface area contributed by atoms with Crippen molar-refractivity contribution in [3.8, 4) is 0 Å². The predicted octanol–water partition coefficient (Wildman–Crippen LogP) is 0.204. The van der Waals surface area contributed by atoms with Gasteiger partial charge in [-0.25, -0.2) is 5.84 Å². The number of aromatic nitrogens is 3. The van der Waals surface area contributed by atoms with Gasteiger partial charge in [0, 0.05) is 19.1 Å². The summed E-state index contributed by atoms with van der Waals surface area (Å²) in [7, 11) is 0. The summed E-state index contributed by atoms with van der Waals surface area (Å²) in [5.41, 5.74) is 2.50. The molecular weight excluding hydrogens is 258 g/mol. The number of rotatable bonds is 4. The van der Waals surface area contributed by atoms with Gasteiger partial charge in [-0.15, -0.1) is 0 Å². The summed E-state index contributed by atoms with van der Waals surface area (Å²) < 4.78 is 5.34. The average Bonchev–Trinajstić information content (AvgIpc) is 2.46. The lowest BCUT2D eigenvalue weighted by Gasteiger charge is -2.33. The standard InChI is InChI=1S/C12H21N7O/c1-8-6-9(7-8)14-10-15-11(18-13)17-12(16-10)19-2-4-20-5-3-19/h8-9H,2-7,13H2,1H3,(H2,14,15,16,17,18). The van der Waals surface area contributed by atoms with E-state index in [9.17, 15) is 0 Å². The van der Waals surface area contributed by atoms with Gasteiger partial charge in [-0.3, -0.25) is 5.43 Å². The molecule has 2 heterocycles. The van der Waals surface area contributed by atoms with Gasteiger partial charge in [0.1, 0.15) is 0 Å². The molecule has 1 saturated carbocycles. The Labute approximate surface area is 118 Å². The van der Waals surface area contributed by atoms with Crippen LogP contribution in [-0.4, -0.2) is 47.3 Å². The smallest absolute Gasteiger partial charge is 0.243 e. The molecule has 4 N–H and O–H groups in total.